The average Bonchev–Trinajstić information content (AvgIpc) is 3.02. The minimum atomic E-state index is -0.831. The van der Waals surface area contributed by atoms with Crippen LogP contribution < -0.4 is 5.32 Å². The molecule has 1 amide bonds. The van der Waals surface area contributed by atoms with Gasteiger partial charge in [0, 0.05) is 25.6 Å². The standard InChI is InChI=1S/C17H24F2N2O.ClH/c1-2-10-21(14-8-9-20-12-14)17(22)5-3-4-13-6-7-15(18)16(19)11-13;/h6-7,11,14,20H,2-5,8-10,12H2,1H3;1H. The van der Waals surface area contributed by atoms with Crippen LogP contribution in [0.25, 0.3) is 0 Å². The van der Waals surface area contributed by atoms with Crippen LogP contribution in [0.1, 0.15) is 38.2 Å². The van der Waals surface area contributed by atoms with E-state index in [1.807, 2.05) is 4.90 Å². The van der Waals surface area contributed by atoms with Crippen LogP contribution in [0.15, 0.2) is 18.2 Å². The normalized spacial score (nSPS) is 16.9. The zero-order valence-electron chi connectivity index (χ0n) is 13.5. The molecule has 1 heterocycles. The summed E-state index contributed by atoms with van der Waals surface area (Å²) in [5, 5.41) is 3.29. The molecule has 1 unspecified atom stereocenters. The minimum Gasteiger partial charge on any atom is -0.338 e. The van der Waals surface area contributed by atoms with Gasteiger partial charge in [0.1, 0.15) is 0 Å². The van der Waals surface area contributed by atoms with Crippen LogP contribution in [-0.4, -0.2) is 36.5 Å². The van der Waals surface area contributed by atoms with Crippen LogP contribution in [-0.2, 0) is 11.2 Å². The van der Waals surface area contributed by atoms with Crippen LogP contribution in [0.2, 0.25) is 0 Å². The third-order valence-corrected chi connectivity index (χ3v) is 4.10. The highest BCUT2D eigenvalue weighted by Crippen LogP contribution is 2.14. The van der Waals surface area contributed by atoms with Crippen LogP contribution in [0.5, 0.6) is 0 Å². The lowest BCUT2D eigenvalue weighted by molar-refractivity contribution is -0.133. The second-order valence-corrected chi connectivity index (χ2v) is 5.84. The number of aryl methyl sites for hydroxylation is 1. The molecule has 1 fully saturated rings. The van der Waals surface area contributed by atoms with Gasteiger partial charge >= 0.3 is 0 Å². The van der Waals surface area contributed by atoms with Crippen molar-refractivity contribution in [2.75, 3.05) is 19.6 Å². The fourth-order valence-electron chi connectivity index (χ4n) is 2.94. The molecule has 23 heavy (non-hydrogen) atoms. The Morgan fingerprint density at radius 2 is 2.13 bits per heavy atom. The first-order chi connectivity index (χ1) is 10.6. The molecular weight excluding hydrogens is 322 g/mol. The third kappa shape index (κ3) is 5.74. The van der Waals surface area contributed by atoms with Crippen LogP contribution in [0.4, 0.5) is 8.78 Å². The van der Waals surface area contributed by atoms with E-state index in [4.69, 9.17) is 0 Å². The maximum atomic E-state index is 13.1. The highest BCUT2D eigenvalue weighted by molar-refractivity contribution is 5.85. The Morgan fingerprint density at radius 1 is 1.35 bits per heavy atom. The van der Waals surface area contributed by atoms with Gasteiger partial charge in [-0.15, -0.1) is 12.4 Å². The maximum Gasteiger partial charge on any atom is 0.222 e. The molecule has 6 heteroatoms. The molecule has 0 radical (unpaired) electrons. The Morgan fingerprint density at radius 3 is 2.74 bits per heavy atom. The molecular formula is C17H25ClF2N2O. The number of amides is 1. The van der Waals surface area contributed by atoms with E-state index in [1.165, 1.54) is 6.07 Å². The third-order valence-electron chi connectivity index (χ3n) is 4.10. The Labute approximate surface area is 142 Å². The number of carbonyl (C=O) groups is 1. The zero-order valence-corrected chi connectivity index (χ0v) is 14.3. The summed E-state index contributed by atoms with van der Waals surface area (Å²) in [4.78, 5) is 14.4. The molecule has 0 aromatic heterocycles. The predicted molar refractivity (Wildman–Crippen MR) is 89.8 cm³/mol. The van der Waals surface area contributed by atoms with E-state index in [1.54, 1.807) is 6.07 Å². The molecule has 1 N–H and O–H groups in total. The summed E-state index contributed by atoms with van der Waals surface area (Å²) in [6, 6.07) is 4.23. The summed E-state index contributed by atoms with van der Waals surface area (Å²) < 4.78 is 26.0. The van der Waals surface area contributed by atoms with Crippen molar-refractivity contribution >= 4 is 18.3 Å². The summed E-state index contributed by atoms with van der Waals surface area (Å²) in [6.07, 6.45) is 3.66. The van der Waals surface area contributed by atoms with E-state index in [9.17, 15) is 13.6 Å². The van der Waals surface area contributed by atoms with Gasteiger partial charge in [0.25, 0.3) is 0 Å². The second-order valence-electron chi connectivity index (χ2n) is 5.84. The fourth-order valence-corrected chi connectivity index (χ4v) is 2.94. The second kappa shape index (κ2) is 9.83. The van der Waals surface area contributed by atoms with Crippen molar-refractivity contribution in [2.45, 2.75) is 45.1 Å². The summed E-state index contributed by atoms with van der Waals surface area (Å²) in [5.74, 6) is -1.49. The lowest BCUT2D eigenvalue weighted by Crippen LogP contribution is -2.42. The van der Waals surface area contributed by atoms with Crippen LogP contribution >= 0.6 is 12.4 Å². The number of nitrogens with zero attached hydrogens (tertiary/aromatic N) is 1. The van der Waals surface area contributed by atoms with Crippen LogP contribution in [0.3, 0.4) is 0 Å². The molecule has 0 bridgehead atoms. The molecule has 1 aromatic rings. The molecule has 1 aliphatic rings. The van der Waals surface area contributed by atoms with E-state index in [-0.39, 0.29) is 18.3 Å². The van der Waals surface area contributed by atoms with Gasteiger partial charge < -0.3 is 10.2 Å². The van der Waals surface area contributed by atoms with E-state index >= 15 is 0 Å². The predicted octanol–water partition coefficient (Wildman–Crippen LogP) is 3.31. The summed E-state index contributed by atoms with van der Waals surface area (Å²) in [5.41, 5.74) is 0.733. The van der Waals surface area contributed by atoms with Gasteiger partial charge in [0.05, 0.1) is 0 Å². The van der Waals surface area contributed by atoms with Gasteiger partial charge in [-0.05, 0) is 49.9 Å². The smallest absolute Gasteiger partial charge is 0.222 e. The van der Waals surface area contributed by atoms with E-state index in [2.05, 4.69) is 12.2 Å². The Kier molecular flexibility index (Phi) is 8.48. The number of nitrogens with one attached hydrogen (secondary N) is 1. The van der Waals surface area contributed by atoms with Crippen molar-refractivity contribution in [3.8, 4) is 0 Å². The number of hydrogen-bond acceptors (Lipinski definition) is 2. The van der Waals surface area contributed by atoms with Gasteiger partial charge in [-0.2, -0.15) is 0 Å². The molecule has 3 nitrogen and oxygen atoms in total. The highest BCUT2D eigenvalue weighted by atomic mass is 35.5. The Hall–Kier alpha value is -1.20. The number of carbonyl (C=O) groups excluding carboxylic acids is 1. The van der Waals surface area contributed by atoms with E-state index in [0.717, 1.165) is 44.1 Å². The molecule has 1 aliphatic heterocycles. The van der Waals surface area contributed by atoms with Gasteiger partial charge in [-0.25, -0.2) is 8.78 Å². The summed E-state index contributed by atoms with van der Waals surface area (Å²) >= 11 is 0. The van der Waals surface area contributed by atoms with E-state index < -0.39 is 11.6 Å². The van der Waals surface area contributed by atoms with Crippen LogP contribution in [0, 0.1) is 11.6 Å². The molecule has 0 saturated carbocycles. The lowest BCUT2D eigenvalue weighted by Gasteiger charge is -2.28. The fraction of sp³-hybridized carbons (Fsp3) is 0.588. The largest absolute Gasteiger partial charge is 0.338 e. The molecule has 1 saturated heterocycles. The van der Waals surface area contributed by atoms with Crippen molar-refractivity contribution < 1.29 is 13.6 Å². The number of benzene rings is 1. The van der Waals surface area contributed by atoms with Gasteiger partial charge in [-0.1, -0.05) is 13.0 Å². The SMILES string of the molecule is CCCN(C(=O)CCCc1ccc(F)c(F)c1)C1CCNC1.Cl. The number of hydrogen-bond donors (Lipinski definition) is 1. The summed E-state index contributed by atoms with van der Waals surface area (Å²) in [6.45, 7) is 4.70. The quantitative estimate of drug-likeness (QED) is 0.821. The lowest BCUT2D eigenvalue weighted by atomic mass is 10.1. The first-order valence-corrected chi connectivity index (χ1v) is 8.06. The van der Waals surface area contributed by atoms with E-state index in [0.29, 0.717) is 25.3 Å². The Bertz CT molecular complexity index is 507. The molecule has 1 aromatic carbocycles. The molecule has 1 atom stereocenters. The number of rotatable bonds is 7. The molecule has 130 valence electrons. The van der Waals surface area contributed by atoms with Crippen molar-refractivity contribution in [1.29, 1.82) is 0 Å². The van der Waals surface area contributed by atoms with Gasteiger partial charge in [0.2, 0.25) is 5.91 Å². The minimum absolute atomic E-state index is 0. The van der Waals surface area contributed by atoms with Gasteiger partial charge in [-0.3, -0.25) is 4.79 Å². The first kappa shape index (κ1) is 19.8. The molecule has 2 rings (SSSR count). The molecule has 0 aliphatic carbocycles. The Balaban J connectivity index is 0.00000264. The maximum absolute atomic E-state index is 13.1. The number of halogens is 3. The van der Waals surface area contributed by atoms with Crippen molar-refractivity contribution in [3.05, 3.63) is 35.4 Å². The zero-order chi connectivity index (χ0) is 15.9. The monoisotopic (exact) mass is 346 g/mol. The first-order valence-electron chi connectivity index (χ1n) is 8.06. The molecule has 0 spiro atoms. The highest BCUT2D eigenvalue weighted by Gasteiger charge is 2.25. The van der Waals surface area contributed by atoms with Crippen molar-refractivity contribution in [1.82, 2.24) is 10.2 Å². The van der Waals surface area contributed by atoms with Crippen molar-refractivity contribution in [2.24, 2.45) is 0 Å². The van der Waals surface area contributed by atoms with Gasteiger partial charge in [0.15, 0.2) is 11.6 Å². The topological polar surface area (TPSA) is 32.3 Å². The van der Waals surface area contributed by atoms with Crippen molar-refractivity contribution in [3.63, 3.8) is 0 Å². The summed E-state index contributed by atoms with van der Waals surface area (Å²) in [7, 11) is 0. The average molecular weight is 347 g/mol.